The van der Waals surface area contributed by atoms with Crippen molar-refractivity contribution >= 4 is 23.8 Å². The number of carbonyl (C=O) groups is 2. The van der Waals surface area contributed by atoms with Crippen LogP contribution < -0.4 is 11.1 Å². The Kier molecular flexibility index (Phi) is 38.4. The molecule has 0 unspecified atom stereocenters. The first-order chi connectivity index (χ1) is 8.04. The van der Waals surface area contributed by atoms with E-state index < -0.39 is 12.0 Å². The maximum Gasteiger partial charge on any atom is 0.303 e. The second-order valence-corrected chi connectivity index (χ2v) is 3.32. The second-order valence-electron chi connectivity index (χ2n) is 2.58. The van der Waals surface area contributed by atoms with Crippen LogP contribution >= 0.6 is 11.8 Å². The van der Waals surface area contributed by atoms with E-state index in [0.717, 1.165) is 12.8 Å². The minimum absolute atomic E-state index is 0. The van der Waals surface area contributed by atoms with Gasteiger partial charge < -0.3 is 27.9 Å². The van der Waals surface area contributed by atoms with E-state index in [1.807, 2.05) is 20.8 Å². The summed E-state index contributed by atoms with van der Waals surface area (Å²) in [7, 11) is 0. The topological polar surface area (TPSA) is 92.4 Å². The number of rotatable bonds is 6. The summed E-state index contributed by atoms with van der Waals surface area (Å²) in [4.78, 5) is 19.7. The van der Waals surface area contributed by atoms with Crippen LogP contribution in [0.25, 0.3) is 0 Å². The number of hydrogen-bond donors (Lipinski definition) is 3. The van der Waals surface area contributed by atoms with Gasteiger partial charge in [0.25, 0.3) is 6.03 Å². The van der Waals surface area contributed by atoms with Crippen LogP contribution in [0.2, 0.25) is 0 Å². The average Bonchev–Trinajstić information content (AvgIpc) is 2.30. The number of amides is 2. The van der Waals surface area contributed by atoms with Crippen molar-refractivity contribution in [1.29, 1.82) is 0 Å². The van der Waals surface area contributed by atoms with Gasteiger partial charge in [-0.1, -0.05) is 27.2 Å². The third-order valence-corrected chi connectivity index (χ3v) is 1.59. The molecule has 0 spiro atoms. The molecule has 0 bridgehead atoms. The van der Waals surface area contributed by atoms with E-state index in [1.54, 1.807) is 6.54 Å². The van der Waals surface area contributed by atoms with Crippen molar-refractivity contribution in [3.63, 3.8) is 0 Å². The number of unbranched alkanes of at least 4 members (excludes halogenated alkanes) is 1. The van der Waals surface area contributed by atoms with E-state index in [2.05, 4.69) is 11.6 Å². The number of urea groups is 1. The number of carboxylic acids is 1. The Hall–Kier alpha value is 0.194. The molecule has 0 saturated heterocycles. The molecule has 0 rings (SSSR count). The fourth-order valence-electron chi connectivity index (χ4n) is 0.529. The van der Waals surface area contributed by atoms with E-state index >= 15 is 0 Å². The number of aliphatic carboxylic acids is 1. The zero-order valence-electron chi connectivity index (χ0n) is 11.4. The quantitative estimate of drug-likeness (QED) is 0.506. The normalized spacial score (nSPS) is 7.56. The Morgan fingerprint density at radius 2 is 1.94 bits per heavy atom. The molecule has 0 aliphatic carbocycles. The fourth-order valence-corrected chi connectivity index (χ4v) is 0.730. The first-order valence-electron chi connectivity index (χ1n) is 5.51. The molecule has 0 atom stereocenters. The number of thioether (sulfide) groups is 1. The van der Waals surface area contributed by atoms with Gasteiger partial charge in [0, 0.05) is 39.1 Å². The molecule has 0 fully saturated rings. The van der Waals surface area contributed by atoms with E-state index in [4.69, 9.17) is 10.8 Å². The third-order valence-electron chi connectivity index (χ3n) is 1.19. The molecule has 0 heterocycles. The van der Waals surface area contributed by atoms with Gasteiger partial charge >= 0.3 is 5.97 Å². The summed E-state index contributed by atoms with van der Waals surface area (Å²) < 4.78 is 0. The van der Waals surface area contributed by atoms with Crippen LogP contribution in [0.4, 0.5) is 4.79 Å². The van der Waals surface area contributed by atoms with Gasteiger partial charge in [0.15, 0.2) is 0 Å². The number of nitrogens with two attached hydrogens (primary N) is 1. The van der Waals surface area contributed by atoms with Gasteiger partial charge in [0.2, 0.25) is 0 Å². The average molecular weight is 353 g/mol. The van der Waals surface area contributed by atoms with Crippen molar-refractivity contribution in [2.45, 2.75) is 40.0 Å². The van der Waals surface area contributed by atoms with Gasteiger partial charge in [-0.05, 0) is 6.42 Å². The number of primary amides is 1. The van der Waals surface area contributed by atoms with Crippen molar-refractivity contribution in [3.05, 3.63) is 12.8 Å². The molecule has 5 nitrogen and oxygen atoms in total. The van der Waals surface area contributed by atoms with E-state index in [-0.39, 0.29) is 32.7 Å². The molecule has 0 aliphatic rings. The smallest absolute Gasteiger partial charge is 0.303 e. The summed E-state index contributed by atoms with van der Waals surface area (Å²) in [6, 6.07) is -0.529. The van der Waals surface area contributed by atoms with Gasteiger partial charge in [-0.15, -0.1) is 5.75 Å². The molecular formula is C11H24N2O3SY-2. The Morgan fingerprint density at radius 3 is 2.17 bits per heavy atom. The number of nitrogens with one attached hydrogen (secondary N) is 1. The van der Waals surface area contributed by atoms with E-state index in [1.165, 1.54) is 11.8 Å². The molecule has 4 N–H and O–H groups in total. The van der Waals surface area contributed by atoms with Crippen LogP contribution in [0.15, 0.2) is 0 Å². The van der Waals surface area contributed by atoms with E-state index in [0.29, 0.717) is 12.2 Å². The van der Waals surface area contributed by atoms with Crippen molar-refractivity contribution in [3.8, 4) is 0 Å². The number of carboxylic acid groups (broad SMARTS) is 1. The predicted molar refractivity (Wildman–Crippen MR) is 73.3 cm³/mol. The zero-order valence-corrected chi connectivity index (χ0v) is 15.1. The summed E-state index contributed by atoms with van der Waals surface area (Å²) in [5.74, 6) is -0.00926. The van der Waals surface area contributed by atoms with Crippen LogP contribution in [0.5, 0.6) is 0 Å². The van der Waals surface area contributed by atoms with Crippen molar-refractivity contribution in [2.75, 3.05) is 5.75 Å². The molecular weight excluding hydrogens is 329 g/mol. The van der Waals surface area contributed by atoms with Crippen LogP contribution in [0.3, 0.4) is 0 Å². The standard InChI is InChI=1S/C5H10O2.C4H8N2OS.C2H6.Y/c1-2-3-4-5(6)7;1-8-3-2-6-4(5)7;1-2;/h2-4H2,1H3,(H,6,7);2H,1,3H2,(H3,5,6,7);1-2H3;/q;-2;;. The maximum atomic E-state index is 9.92. The van der Waals surface area contributed by atoms with Crippen LogP contribution in [-0.4, -0.2) is 22.9 Å². The van der Waals surface area contributed by atoms with Crippen molar-refractivity contribution in [1.82, 2.24) is 5.32 Å². The minimum atomic E-state index is -0.693. The summed E-state index contributed by atoms with van der Waals surface area (Å²) >= 11 is 1.37. The van der Waals surface area contributed by atoms with Gasteiger partial charge in [-0.3, -0.25) is 15.8 Å². The van der Waals surface area contributed by atoms with Crippen LogP contribution in [-0.2, 0) is 37.5 Å². The van der Waals surface area contributed by atoms with Gasteiger partial charge in [0.05, 0.1) is 0 Å². The Morgan fingerprint density at radius 1 is 1.44 bits per heavy atom. The molecule has 7 heteroatoms. The molecule has 18 heavy (non-hydrogen) atoms. The van der Waals surface area contributed by atoms with Crippen molar-refractivity contribution < 1.29 is 47.4 Å². The summed E-state index contributed by atoms with van der Waals surface area (Å²) in [5.41, 5.74) is 4.72. The molecule has 0 aromatic rings. The van der Waals surface area contributed by atoms with Gasteiger partial charge in [0.1, 0.15) is 0 Å². The third kappa shape index (κ3) is 44.2. The summed E-state index contributed by atoms with van der Waals surface area (Å²) in [5, 5.41) is 10.3. The minimum Gasteiger partial charge on any atom is -0.487 e. The van der Waals surface area contributed by atoms with Crippen LogP contribution in [0, 0.1) is 12.8 Å². The van der Waals surface area contributed by atoms with Gasteiger partial charge in [-0.25, -0.2) is 6.54 Å². The maximum absolute atomic E-state index is 9.92. The first kappa shape index (κ1) is 26.7. The number of carbonyl (C=O) groups excluding carboxylic acids is 1. The largest absolute Gasteiger partial charge is 0.487 e. The Bertz CT molecular complexity index is 184. The molecule has 2 amide bonds. The van der Waals surface area contributed by atoms with Crippen molar-refractivity contribution in [2.24, 2.45) is 5.73 Å². The predicted octanol–water partition coefficient (Wildman–Crippen LogP) is 2.63. The molecule has 107 valence electrons. The Balaban J connectivity index is -0.0000000916. The Labute approximate surface area is 140 Å². The van der Waals surface area contributed by atoms with Crippen LogP contribution in [0.1, 0.15) is 40.0 Å². The second kappa shape index (κ2) is 25.9. The molecule has 0 aliphatic heterocycles. The molecule has 0 aromatic heterocycles. The SMILES string of the molecule is CC.CCCCC(=O)O.[CH2-]SC[CH-]NC(N)=O.[Y]. The molecule has 1 radical (unpaired) electrons. The first-order valence-corrected chi connectivity index (χ1v) is 6.66. The molecule has 0 aromatic carbocycles. The van der Waals surface area contributed by atoms with E-state index in [9.17, 15) is 9.59 Å². The zero-order chi connectivity index (χ0) is 14.1. The monoisotopic (exact) mass is 353 g/mol. The number of hydrogen-bond acceptors (Lipinski definition) is 3. The summed E-state index contributed by atoms with van der Waals surface area (Å²) in [6.45, 7) is 7.53. The fraction of sp³-hybridized carbons (Fsp3) is 0.636. The molecule has 0 saturated carbocycles. The van der Waals surface area contributed by atoms with Gasteiger partial charge in [-0.2, -0.15) is 0 Å². The summed E-state index contributed by atoms with van der Waals surface area (Å²) in [6.07, 6.45) is 5.56.